The molecule has 0 bridgehead atoms. The van der Waals surface area contributed by atoms with Gasteiger partial charge < -0.3 is 9.47 Å². The third kappa shape index (κ3) is 4.41. The molecule has 8 heteroatoms. The molecule has 1 saturated heterocycles. The molecule has 2 amide bonds. The van der Waals surface area contributed by atoms with Gasteiger partial charge in [-0.3, -0.25) is 4.79 Å². The Morgan fingerprint density at radius 1 is 1.22 bits per heavy atom. The molecule has 2 aliphatic rings. The van der Waals surface area contributed by atoms with Gasteiger partial charge in [-0.15, -0.1) is 0 Å². The highest BCUT2D eigenvalue weighted by molar-refractivity contribution is 5.96. The largest absolute Gasteiger partial charge is 0.496 e. The summed E-state index contributed by atoms with van der Waals surface area (Å²) < 4.78 is 10.7. The summed E-state index contributed by atoms with van der Waals surface area (Å²) in [4.78, 5) is 29.8. The zero-order valence-electron chi connectivity index (χ0n) is 18.1. The van der Waals surface area contributed by atoms with Crippen molar-refractivity contribution < 1.29 is 19.1 Å². The van der Waals surface area contributed by atoms with E-state index in [9.17, 15) is 9.59 Å². The molecule has 1 aliphatic carbocycles. The minimum absolute atomic E-state index is 0.125. The van der Waals surface area contributed by atoms with Gasteiger partial charge in [0.15, 0.2) is 0 Å². The first-order valence-electron chi connectivity index (χ1n) is 10.9. The van der Waals surface area contributed by atoms with E-state index in [0.717, 1.165) is 58.6 Å². The molecule has 0 aromatic heterocycles. The SMILES string of the molecule is COc1ccc(C[C@H](N=[N+]=[N-])C(=O)N2C(=O)OC[C@@H]2Cc2ccccc2)c2c1CCCC2. The summed E-state index contributed by atoms with van der Waals surface area (Å²) in [5.41, 5.74) is 13.4. The second-order valence-electron chi connectivity index (χ2n) is 8.14. The van der Waals surface area contributed by atoms with Crippen LogP contribution in [0.4, 0.5) is 4.79 Å². The van der Waals surface area contributed by atoms with Crippen LogP contribution in [0.25, 0.3) is 10.4 Å². The maximum absolute atomic E-state index is 13.4. The van der Waals surface area contributed by atoms with Gasteiger partial charge in [0.25, 0.3) is 0 Å². The van der Waals surface area contributed by atoms with Crippen LogP contribution in [-0.2, 0) is 35.2 Å². The minimum atomic E-state index is -1.02. The van der Waals surface area contributed by atoms with Crippen LogP contribution in [0.3, 0.4) is 0 Å². The molecule has 32 heavy (non-hydrogen) atoms. The summed E-state index contributed by atoms with van der Waals surface area (Å²) in [7, 11) is 1.65. The van der Waals surface area contributed by atoms with Crippen LogP contribution in [0.2, 0.25) is 0 Å². The smallest absolute Gasteiger partial charge is 0.416 e. The lowest BCUT2D eigenvalue weighted by Gasteiger charge is -2.25. The van der Waals surface area contributed by atoms with Gasteiger partial charge in [-0.1, -0.05) is 41.5 Å². The Labute approximate surface area is 186 Å². The number of hydrogen-bond donors (Lipinski definition) is 0. The molecule has 8 nitrogen and oxygen atoms in total. The lowest BCUT2D eigenvalue weighted by atomic mass is 9.85. The van der Waals surface area contributed by atoms with Gasteiger partial charge in [0.2, 0.25) is 5.91 Å². The fourth-order valence-electron chi connectivity index (χ4n) is 4.67. The third-order valence-electron chi connectivity index (χ3n) is 6.21. The highest BCUT2D eigenvalue weighted by atomic mass is 16.6. The maximum Gasteiger partial charge on any atom is 0.416 e. The van der Waals surface area contributed by atoms with E-state index in [2.05, 4.69) is 10.0 Å². The number of amides is 2. The summed E-state index contributed by atoms with van der Waals surface area (Å²) >= 11 is 0. The Morgan fingerprint density at radius 2 is 1.97 bits per heavy atom. The molecule has 2 aromatic rings. The van der Waals surface area contributed by atoms with Crippen molar-refractivity contribution in [2.45, 2.75) is 50.6 Å². The van der Waals surface area contributed by atoms with Gasteiger partial charge in [-0.2, -0.15) is 0 Å². The first-order valence-corrected chi connectivity index (χ1v) is 10.9. The number of ether oxygens (including phenoxy) is 2. The Morgan fingerprint density at radius 3 is 2.69 bits per heavy atom. The number of fused-ring (bicyclic) bond motifs is 1. The molecule has 2 atom stereocenters. The predicted octanol–water partition coefficient (Wildman–Crippen LogP) is 4.39. The number of hydrogen-bond acceptors (Lipinski definition) is 5. The molecule has 2 aromatic carbocycles. The van der Waals surface area contributed by atoms with Crippen molar-refractivity contribution in [1.29, 1.82) is 0 Å². The fraction of sp³-hybridized carbons (Fsp3) is 0.417. The van der Waals surface area contributed by atoms with Crippen LogP contribution >= 0.6 is 0 Å². The average Bonchev–Trinajstić information content (AvgIpc) is 3.18. The topological polar surface area (TPSA) is 105 Å². The molecular weight excluding hydrogens is 408 g/mol. The molecule has 0 unspecified atom stereocenters. The lowest BCUT2D eigenvalue weighted by molar-refractivity contribution is -0.130. The number of carbonyl (C=O) groups excluding carboxylic acids is 2. The summed E-state index contributed by atoms with van der Waals surface area (Å²) in [5.74, 6) is 0.327. The number of imide groups is 1. The summed E-state index contributed by atoms with van der Waals surface area (Å²) in [6.45, 7) is 0.125. The van der Waals surface area contributed by atoms with E-state index in [1.54, 1.807) is 7.11 Å². The molecular formula is C24H26N4O4. The fourth-order valence-corrected chi connectivity index (χ4v) is 4.67. The number of nitrogens with zero attached hydrogens (tertiary/aromatic N) is 4. The number of benzene rings is 2. The monoisotopic (exact) mass is 434 g/mol. The van der Waals surface area contributed by atoms with Gasteiger partial charge in [-0.05, 0) is 72.4 Å². The molecule has 0 radical (unpaired) electrons. The highest BCUT2D eigenvalue weighted by Gasteiger charge is 2.40. The van der Waals surface area contributed by atoms with E-state index in [0.29, 0.717) is 6.42 Å². The van der Waals surface area contributed by atoms with Crippen molar-refractivity contribution in [3.63, 3.8) is 0 Å². The van der Waals surface area contributed by atoms with Crippen LogP contribution < -0.4 is 4.74 Å². The minimum Gasteiger partial charge on any atom is -0.496 e. The summed E-state index contributed by atoms with van der Waals surface area (Å²) in [5, 5.41) is 3.78. The zero-order chi connectivity index (χ0) is 22.5. The number of cyclic esters (lactones) is 1. The van der Waals surface area contributed by atoms with E-state index in [1.807, 2.05) is 42.5 Å². The van der Waals surface area contributed by atoms with Crippen LogP contribution in [0.15, 0.2) is 47.6 Å². The van der Waals surface area contributed by atoms with Crippen LogP contribution in [0.1, 0.15) is 35.1 Å². The van der Waals surface area contributed by atoms with E-state index in [-0.39, 0.29) is 13.0 Å². The van der Waals surface area contributed by atoms with Crippen molar-refractivity contribution in [2.24, 2.45) is 5.11 Å². The predicted molar refractivity (Wildman–Crippen MR) is 118 cm³/mol. The number of methoxy groups -OCH3 is 1. The van der Waals surface area contributed by atoms with E-state index in [1.165, 1.54) is 0 Å². The summed E-state index contributed by atoms with van der Waals surface area (Å²) in [6.07, 6.45) is 3.99. The van der Waals surface area contributed by atoms with Crippen molar-refractivity contribution in [3.8, 4) is 5.75 Å². The first-order chi connectivity index (χ1) is 15.6. The Hall–Kier alpha value is -3.51. The maximum atomic E-state index is 13.4. The van der Waals surface area contributed by atoms with Gasteiger partial charge in [0, 0.05) is 4.91 Å². The average molecular weight is 434 g/mol. The number of azide groups is 1. The Kier molecular flexibility index (Phi) is 6.61. The molecule has 1 aliphatic heterocycles. The molecule has 0 saturated carbocycles. The van der Waals surface area contributed by atoms with Crippen LogP contribution in [0, 0.1) is 0 Å². The van der Waals surface area contributed by atoms with E-state index >= 15 is 0 Å². The first kappa shape index (κ1) is 21.7. The van der Waals surface area contributed by atoms with Gasteiger partial charge >= 0.3 is 6.09 Å². The second kappa shape index (κ2) is 9.75. The van der Waals surface area contributed by atoms with Crippen molar-refractivity contribution in [2.75, 3.05) is 13.7 Å². The van der Waals surface area contributed by atoms with Crippen molar-refractivity contribution in [3.05, 3.63) is 75.2 Å². The third-order valence-corrected chi connectivity index (χ3v) is 6.21. The van der Waals surface area contributed by atoms with Gasteiger partial charge in [0.1, 0.15) is 18.4 Å². The number of carbonyl (C=O) groups is 2. The highest BCUT2D eigenvalue weighted by Crippen LogP contribution is 2.33. The lowest BCUT2D eigenvalue weighted by Crippen LogP contribution is -2.45. The Bertz CT molecular complexity index is 1050. The normalized spacial score (nSPS) is 18.3. The van der Waals surface area contributed by atoms with Gasteiger partial charge in [0.05, 0.1) is 13.2 Å². The Balaban J connectivity index is 1.59. The molecule has 0 N–H and O–H groups in total. The molecule has 0 spiro atoms. The molecule has 166 valence electrons. The van der Waals surface area contributed by atoms with Crippen molar-refractivity contribution in [1.82, 2.24) is 4.90 Å². The quantitative estimate of drug-likeness (QED) is 0.366. The number of rotatable bonds is 7. The van der Waals surface area contributed by atoms with Crippen LogP contribution in [-0.4, -0.2) is 42.7 Å². The van der Waals surface area contributed by atoms with E-state index in [4.69, 9.17) is 15.0 Å². The second-order valence-corrected chi connectivity index (χ2v) is 8.14. The molecule has 1 fully saturated rings. The molecule has 1 heterocycles. The molecule has 4 rings (SSSR count). The van der Waals surface area contributed by atoms with Crippen LogP contribution in [0.5, 0.6) is 5.75 Å². The summed E-state index contributed by atoms with van der Waals surface area (Å²) in [6, 6.07) is 12.0. The standard InChI is InChI=1S/C24H26N4O4/c1-31-22-12-11-17(19-9-5-6-10-20(19)22)14-21(26-27-25)23(29)28-18(15-32-24(28)30)13-16-7-3-2-4-8-16/h2-4,7-8,11-12,18,21H,5-6,9-10,13-15H2,1H3/t18-,21-/m0/s1. The van der Waals surface area contributed by atoms with Crippen molar-refractivity contribution >= 4 is 12.0 Å². The van der Waals surface area contributed by atoms with E-state index < -0.39 is 24.1 Å². The zero-order valence-corrected chi connectivity index (χ0v) is 18.1. The van der Waals surface area contributed by atoms with Gasteiger partial charge in [-0.25, -0.2) is 9.69 Å².